The summed E-state index contributed by atoms with van der Waals surface area (Å²) in [6, 6.07) is 0. The van der Waals surface area contributed by atoms with E-state index in [1.807, 2.05) is 17.1 Å². The summed E-state index contributed by atoms with van der Waals surface area (Å²) in [5, 5.41) is 7.41. The van der Waals surface area contributed by atoms with Crippen molar-refractivity contribution in [1.82, 2.24) is 20.0 Å². The summed E-state index contributed by atoms with van der Waals surface area (Å²) in [6.07, 6.45) is 12.1. The van der Waals surface area contributed by atoms with E-state index < -0.39 is 0 Å². The molecule has 0 spiro atoms. The van der Waals surface area contributed by atoms with Crippen molar-refractivity contribution in [3.05, 3.63) is 18.0 Å². The first-order valence-corrected chi connectivity index (χ1v) is 8.32. The van der Waals surface area contributed by atoms with Gasteiger partial charge in [0.05, 0.1) is 12.7 Å². The van der Waals surface area contributed by atoms with Gasteiger partial charge in [-0.15, -0.1) is 0 Å². The molecule has 5 heteroatoms. The molecule has 1 atom stereocenters. The lowest BCUT2D eigenvalue weighted by Gasteiger charge is -2.26. The van der Waals surface area contributed by atoms with Crippen molar-refractivity contribution in [3.63, 3.8) is 0 Å². The predicted molar refractivity (Wildman–Crippen MR) is 81.5 cm³/mol. The molecule has 1 amide bonds. The minimum absolute atomic E-state index is 0.0152. The number of aryl methyl sites for hydroxylation is 1. The Bertz CT molecular complexity index is 478. The second-order valence-corrected chi connectivity index (χ2v) is 6.36. The molecule has 1 aromatic rings. The number of aromatic nitrogens is 2. The lowest BCUT2D eigenvalue weighted by atomic mass is 9.87. The summed E-state index contributed by atoms with van der Waals surface area (Å²) < 4.78 is 1.92. The summed E-state index contributed by atoms with van der Waals surface area (Å²) >= 11 is 0. The molecule has 1 aromatic heterocycles. The maximum absolute atomic E-state index is 11.8. The molecule has 2 aliphatic rings. The third-order valence-corrected chi connectivity index (χ3v) is 4.85. The minimum atomic E-state index is 0.0152. The molecule has 1 aliphatic carbocycles. The zero-order valence-electron chi connectivity index (χ0n) is 12.9. The van der Waals surface area contributed by atoms with Gasteiger partial charge in [0.1, 0.15) is 6.17 Å². The number of rotatable bonds is 5. The zero-order valence-corrected chi connectivity index (χ0v) is 12.9. The van der Waals surface area contributed by atoms with Crippen LogP contribution in [0.2, 0.25) is 0 Å². The van der Waals surface area contributed by atoms with Crippen LogP contribution in [0, 0.1) is 5.92 Å². The van der Waals surface area contributed by atoms with E-state index in [1.54, 1.807) is 0 Å². The van der Waals surface area contributed by atoms with Gasteiger partial charge < -0.3 is 5.32 Å². The largest absolute Gasteiger partial charge is 0.335 e. The summed E-state index contributed by atoms with van der Waals surface area (Å²) in [7, 11) is 0. The van der Waals surface area contributed by atoms with E-state index in [2.05, 4.69) is 22.2 Å². The number of hydrogen-bond donors (Lipinski definition) is 1. The van der Waals surface area contributed by atoms with Crippen LogP contribution in [0.25, 0.3) is 0 Å². The minimum Gasteiger partial charge on any atom is -0.335 e. The highest BCUT2D eigenvalue weighted by Crippen LogP contribution is 2.28. The van der Waals surface area contributed by atoms with Crippen LogP contribution in [-0.2, 0) is 11.3 Å². The average molecular weight is 290 g/mol. The fourth-order valence-corrected chi connectivity index (χ4v) is 3.59. The first kappa shape index (κ1) is 14.6. The molecule has 116 valence electrons. The third-order valence-electron chi connectivity index (χ3n) is 4.85. The van der Waals surface area contributed by atoms with E-state index in [-0.39, 0.29) is 12.1 Å². The van der Waals surface area contributed by atoms with Crippen LogP contribution in [0.1, 0.15) is 57.2 Å². The van der Waals surface area contributed by atoms with Gasteiger partial charge in [-0.3, -0.25) is 14.4 Å². The van der Waals surface area contributed by atoms with Crippen molar-refractivity contribution >= 4 is 5.91 Å². The Hall–Kier alpha value is -1.36. The number of nitrogens with zero attached hydrogens (tertiary/aromatic N) is 3. The molecule has 0 bridgehead atoms. The molecule has 0 aromatic carbocycles. The Kier molecular flexibility index (Phi) is 4.58. The first-order chi connectivity index (χ1) is 10.3. The fourth-order valence-electron chi connectivity index (χ4n) is 3.59. The lowest BCUT2D eigenvalue weighted by molar-refractivity contribution is -0.118. The van der Waals surface area contributed by atoms with Gasteiger partial charge in [0.25, 0.3) is 0 Å². The van der Waals surface area contributed by atoms with E-state index in [4.69, 9.17) is 0 Å². The summed E-state index contributed by atoms with van der Waals surface area (Å²) in [5.74, 6) is 0.987. The number of amides is 1. The molecular formula is C16H26N4O. The van der Waals surface area contributed by atoms with E-state index >= 15 is 0 Å². The van der Waals surface area contributed by atoms with Crippen molar-refractivity contribution in [2.75, 3.05) is 13.1 Å². The number of hydrogen-bond acceptors (Lipinski definition) is 3. The monoisotopic (exact) mass is 290 g/mol. The van der Waals surface area contributed by atoms with Crippen molar-refractivity contribution in [1.29, 1.82) is 0 Å². The third kappa shape index (κ3) is 3.46. The summed E-state index contributed by atoms with van der Waals surface area (Å²) in [6.45, 7) is 4.47. The van der Waals surface area contributed by atoms with Crippen LogP contribution in [0.4, 0.5) is 0 Å². The molecule has 1 aliphatic heterocycles. The topological polar surface area (TPSA) is 50.2 Å². The molecule has 0 radical (unpaired) electrons. The van der Waals surface area contributed by atoms with Crippen LogP contribution in [0.5, 0.6) is 0 Å². The van der Waals surface area contributed by atoms with Gasteiger partial charge in [-0.05, 0) is 19.3 Å². The molecule has 1 N–H and O–H groups in total. The Labute approximate surface area is 126 Å². The molecule has 3 rings (SSSR count). The zero-order chi connectivity index (χ0) is 14.7. The van der Waals surface area contributed by atoms with Gasteiger partial charge in [-0.1, -0.05) is 32.1 Å². The SMILES string of the molecule is CCn1cc([C@H]2NC(=O)CN2CCC2CCCCC2)cn1. The molecule has 1 saturated carbocycles. The van der Waals surface area contributed by atoms with Gasteiger partial charge >= 0.3 is 0 Å². The fraction of sp³-hybridized carbons (Fsp3) is 0.750. The molecule has 5 nitrogen and oxygen atoms in total. The van der Waals surface area contributed by atoms with Crippen molar-refractivity contribution in [2.45, 2.75) is 58.2 Å². The molecular weight excluding hydrogens is 264 g/mol. The second kappa shape index (κ2) is 6.60. The van der Waals surface area contributed by atoms with Crippen molar-refractivity contribution in [2.24, 2.45) is 5.92 Å². The number of nitrogens with one attached hydrogen (secondary N) is 1. The first-order valence-electron chi connectivity index (χ1n) is 8.32. The number of carbonyl (C=O) groups excluding carboxylic acids is 1. The summed E-state index contributed by atoms with van der Waals surface area (Å²) in [5.41, 5.74) is 1.10. The standard InChI is InChI=1S/C16H26N4O/c1-2-20-11-14(10-17-20)16-18-15(21)12-19(16)9-8-13-6-4-3-5-7-13/h10-11,13,16H,2-9,12H2,1H3,(H,18,21)/t16-/m0/s1. The normalized spacial score (nSPS) is 24.4. The van der Waals surface area contributed by atoms with Crippen molar-refractivity contribution < 1.29 is 4.79 Å². The van der Waals surface area contributed by atoms with Gasteiger partial charge in [-0.2, -0.15) is 5.10 Å². The lowest BCUT2D eigenvalue weighted by Crippen LogP contribution is -2.29. The highest BCUT2D eigenvalue weighted by atomic mass is 16.2. The van der Waals surface area contributed by atoms with E-state index in [0.717, 1.165) is 24.6 Å². The predicted octanol–water partition coefficient (Wildman–Crippen LogP) is 2.30. The Balaban J connectivity index is 1.60. The van der Waals surface area contributed by atoms with Crippen LogP contribution >= 0.6 is 0 Å². The van der Waals surface area contributed by atoms with Gasteiger partial charge in [0.2, 0.25) is 5.91 Å². The Morgan fingerprint density at radius 1 is 1.33 bits per heavy atom. The molecule has 1 saturated heterocycles. The molecule has 21 heavy (non-hydrogen) atoms. The van der Waals surface area contributed by atoms with E-state index in [0.29, 0.717) is 6.54 Å². The molecule has 0 unspecified atom stereocenters. The Morgan fingerprint density at radius 3 is 2.86 bits per heavy atom. The van der Waals surface area contributed by atoms with Crippen LogP contribution in [0.3, 0.4) is 0 Å². The quantitative estimate of drug-likeness (QED) is 0.905. The number of carbonyl (C=O) groups is 1. The summed E-state index contributed by atoms with van der Waals surface area (Å²) in [4.78, 5) is 14.1. The van der Waals surface area contributed by atoms with Crippen LogP contribution in [0.15, 0.2) is 12.4 Å². The smallest absolute Gasteiger partial charge is 0.235 e. The van der Waals surface area contributed by atoms with Gasteiger partial charge in [-0.25, -0.2) is 0 Å². The van der Waals surface area contributed by atoms with Crippen LogP contribution < -0.4 is 5.32 Å². The van der Waals surface area contributed by atoms with E-state index in [9.17, 15) is 4.79 Å². The average Bonchev–Trinajstić information content (AvgIpc) is 3.12. The Morgan fingerprint density at radius 2 is 2.14 bits per heavy atom. The second-order valence-electron chi connectivity index (χ2n) is 6.36. The molecule has 2 heterocycles. The maximum Gasteiger partial charge on any atom is 0.235 e. The van der Waals surface area contributed by atoms with Crippen molar-refractivity contribution in [3.8, 4) is 0 Å². The molecule has 2 fully saturated rings. The highest BCUT2D eigenvalue weighted by Gasteiger charge is 2.31. The highest BCUT2D eigenvalue weighted by molar-refractivity contribution is 5.80. The van der Waals surface area contributed by atoms with E-state index in [1.165, 1.54) is 38.5 Å². The van der Waals surface area contributed by atoms with Gasteiger partial charge in [0.15, 0.2) is 0 Å². The maximum atomic E-state index is 11.8. The van der Waals surface area contributed by atoms with Crippen LogP contribution in [-0.4, -0.2) is 33.7 Å². The van der Waals surface area contributed by atoms with Gasteiger partial charge in [0, 0.05) is 24.8 Å².